The molecule has 0 aromatic heterocycles. The van der Waals surface area contributed by atoms with Crippen molar-refractivity contribution >= 4 is 11.9 Å². The summed E-state index contributed by atoms with van der Waals surface area (Å²) in [5.74, 6) is -2.22. The molecule has 0 aliphatic heterocycles. The number of hydrogen-bond acceptors (Lipinski definition) is 3. The van der Waals surface area contributed by atoms with Crippen LogP contribution in [-0.2, 0) is 0 Å². The Morgan fingerprint density at radius 1 is 1.05 bits per heavy atom. The quantitative estimate of drug-likeness (QED) is 0.713. The van der Waals surface area contributed by atoms with Crippen molar-refractivity contribution < 1.29 is 24.9 Å². The van der Waals surface area contributed by atoms with Crippen molar-refractivity contribution in [3.05, 3.63) is 34.9 Å². The van der Waals surface area contributed by atoms with E-state index in [0.29, 0.717) is 6.61 Å². The van der Waals surface area contributed by atoms with Gasteiger partial charge >= 0.3 is 11.9 Å². The van der Waals surface area contributed by atoms with Gasteiger partial charge < -0.3 is 15.3 Å². The Balaban J connectivity index is 0.000000459. The number of carboxylic acids is 2. The van der Waals surface area contributed by atoms with E-state index in [0.717, 1.165) is 12.8 Å². The maximum Gasteiger partial charge on any atom is 0.335 e. The zero-order valence-corrected chi connectivity index (χ0v) is 11.2. The van der Waals surface area contributed by atoms with E-state index in [1.165, 1.54) is 31.5 Å². The first-order valence-corrected chi connectivity index (χ1v) is 6.12. The predicted octanol–water partition coefficient (Wildman–Crippen LogP) is 2.56. The molecule has 1 rings (SSSR count). The van der Waals surface area contributed by atoms with Crippen LogP contribution in [0.25, 0.3) is 0 Å². The Kier molecular flexibility index (Phi) is 8.20. The lowest BCUT2D eigenvalue weighted by atomic mass is 10.0. The summed E-state index contributed by atoms with van der Waals surface area (Å²) < 4.78 is 0. The van der Waals surface area contributed by atoms with Crippen LogP contribution < -0.4 is 0 Å². The average molecular weight is 268 g/mol. The molecule has 0 unspecified atom stereocenters. The summed E-state index contributed by atoms with van der Waals surface area (Å²) in [5, 5.41) is 25.6. The molecule has 0 fully saturated rings. The third kappa shape index (κ3) is 6.01. The van der Waals surface area contributed by atoms with E-state index in [1.54, 1.807) is 0 Å². The van der Waals surface area contributed by atoms with E-state index in [9.17, 15) is 9.59 Å². The van der Waals surface area contributed by atoms with Gasteiger partial charge in [-0.3, -0.25) is 0 Å². The number of hydrogen-bond donors (Lipinski definition) is 3. The van der Waals surface area contributed by atoms with E-state index < -0.39 is 11.9 Å². The maximum atomic E-state index is 10.6. The Morgan fingerprint density at radius 2 is 1.53 bits per heavy atom. The van der Waals surface area contributed by atoms with Crippen molar-refractivity contribution in [3.63, 3.8) is 0 Å². The summed E-state index contributed by atoms with van der Waals surface area (Å²) in [6.45, 7) is 3.95. The van der Waals surface area contributed by atoms with Crippen molar-refractivity contribution in [1.82, 2.24) is 0 Å². The molecule has 0 spiro atoms. The van der Waals surface area contributed by atoms with Crippen LogP contribution in [0.1, 0.15) is 52.5 Å². The normalized spacial score (nSPS) is 9.42. The molecular formula is C14H20O5. The maximum absolute atomic E-state index is 10.6. The topological polar surface area (TPSA) is 94.8 Å². The molecule has 0 aliphatic carbocycles. The third-order valence-corrected chi connectivity index (χ3v) is 2.56. The second-order valence-corrected chi connectivity index (χ2v) is 4.02. The zero-order valence-electron chi connectivity index (χ0n) is 11.2. The van der Waals surface area contributed by atoms with Gasteiger partial charge in [0.1, 0.15) is 0 Å². The molecule has 5 nitrogen and oxygen atoms in total. The van der Waals surface area contributed by atoms with Crippen molar-refractivity contribution in [1.29, 1.82) is 0 Å². The largest absolute Gasteiger partial charge is 0.478 e. The minimum Gasteiger partial charge on any atom is -0.478 e. The highest BCUT2D eigenvalue weighted by atomic mass is 16.4. The van der Waals surface area contributed by atoms with Crippen molar-refractivity contribution in [3.8, 4) is 0 Å². The number of carboxylic acid groups (broad SMARTS) is 2. The summed E-state index contributed by atoms with van der Waals surface area (Å²) >= 11 is 0. The van der Waals surface area contributed by atoms with Crippen LogP contribution >= 0.6 is 0 Å². The molecule has 0 aliphatic rings. The molecule has 1 aromatic carbocycles. The molecule has 5 heteroatoms. The highest BCUT2D eigenvalue weighted by molar-refractivity contribution is 5.96. The van der Waals surface area contributed by atoms with E-state index in [1.807, 2.05) is 0 Å². The van der Waals surface area contributed by atoms with Crippen LogP contribution in [0.5, 0.6) is 0 Å². The molecule has 0 atom stereocenters. The van der Waals surface area contributed by atoms with Crippen LogP contribution in [-0.4, -0.2) is 33.9 Å². The smallest absolute Gasteiger partial charge is 0.335 e. The first kappa shape index (κ1) is 17.1. The van der Waals surface area contributed by atoms with Crippen molar-refractivity contribution in [2.75, 3.05) is 6.61 Å². The predicted molar refractivity (Wildman–Crippen MR) is 71.7 cm³/mol. The average Bonchev–Trinajstić information content (AvgIpc) is 2.36. The van der Waals surface area contributed by atoms with Gasteiger partial charge in [-0.25, -0.2) is 9.59 Å². The number of aliphatic hydroxyl groups is 1. The molecule has 19 heavy (non-hydrogen) atoms. The zero-order chi connectivity index (χ0) is 14.8. The molecule has 0 amide bonds. The Labute approximate surface area is 112 Å². The minimum atomic E-state index is -1.11. The van der Waals surface area contributed by atoms with Gasteiger partial charge in [0.2, 0.25) is 0 Å². The fourth-order valence-corrected chi connectivity index (χ4v) is 1.46. The van der Waals surface area contributed by atoms with Crippen LogP contribution in [0, 0.1) is 6.92 Å². The van der Waals surface area contributed by atoms with Gasteiger partial charge in [0.05, 0.1) is 11.1 Å². The number of benzene rings is 1. The lowest BCUT2D eigenvalue weighted by Gasteiger charge is -2.03. The number of aliphatic hydroxyl groups excluding tert-OH is 1. The first-order chi connectivity index (χ1) is 8.95. The second-order valence-electron chi connectivity index (χ2n) is 4.02. The summed E-state index contributed by atoms with van der Waals surface area (Å²) in [6, 6.07) is 4.17. The van der Waals surface area contributed by atoms with Gasteiger partial charge in [-0.05, 0) is 31.0 Å². The van der Waals surface area contributed by atoms with E-state index in [-0.39, 0.29) is 16.7 Å². The fraction of sp³-hybridized carbons (Fsp3) is 0.429. The Bertz CT molecular complexity index is 390. The highest BCUT2D eigenvalue weighted by Gasteiger charge is 2.13. The Morgan fingerprint density at radius 3 is 1.79 bits per heavy atom. The van der Waals surface area contributed by atoms with Crippen LogP contribution in [0.4, 0.5) is 0 Å². The van der Waals surface area contributed by atoms with Gasteiger partial charge in [0.15, 0.2) is 0 Å². The van der Waals surface area contributed by atoms with Gasteiger partial charge in [0, 0.05) is 6.61 Å². The monoisotopic (exact) mass is 268 g/mol. The van der Waals surface area contributed by atoms with Crippen LogP contribution in [0.3, 0.4) is 0 Å². The summed E-state index contributed by atoms with van der Waals surface area (Å²) in [7, 11) is 0. The van der Waals surface area contributed by atoms with Gasteiger partial charge in [-0.1, -0.05) is 25.8 Å². The van der Waals surface area contributed by atoms with E-state index in [2.05, 4.69) is 6.92 Å². The first-order valence-electron chi connectivity index (χ1n) is 6.12. The number of rotatable bonds is 5. The van der Waals surface area contributed by atoms with Crippen LogP contribution in [0.15, 0.2) is 18.2 Å². The number of carbonyl (C=O) groups is 2. The summed E-state index contributed by atoms with van der Waals surface area (Å²) in [5.41, 5.74) is 0.335. The molecule has 0 saturated carbocycles. The molecule has 0 bridgehead atoms. The molecular weight excluding hydrogens is 248 g/mol. The van der Waals surface area contributed by atoms with Gasteiger partial charge in [-0.15, -0.1) is 0 Å². The Hall–Kier alpha value is -1.88. The highest BCUT2D eigenvalue weighted by Crippen LogP contribution is 2.13. The fourth-order valence-electron chi connectivity index (χ4n) is 1.46. The second kappa shape index (κ2) is 9.10. The van der Waals surface area contributed by atoms with Crippen LogP contribution in [0.2, 0.25) is 0 Å². The SMILES string of the molecule is CCCCCO.Cc1c(C(=O)O)cccc1C(=O)O. The standard InChI is InChI=1S/C9H8O4.C5H12O/c1-5-6(8(10)11)3-2-4-7(5)9(12)13;1-2-3-4-5-6/h2-4H,1H3,(H,10,11)(H,12,13);6H,2-5H2,1H3. The lowest BCUT2D eigenvalue weighted by molar-refractivity contribution is 0.0696. The third-order valence-electron chi connectivity index (χ3n) is 2.56. The minimum absolute atomic E-state index is 0.0277. The lowest BCUT2D eigenvalue weighted by Crippen LogP contribution is -2.06. The van der Waals surface area contributed by atoms with E-state index in [4.69, 9.17) is 15.3 Å². The molecule has 0 radical (unpaired) electrons. The summed E-state index contributed by atoms with van der Waals surface area (Å²) in [4.78, 5) is 21.2. The van der Waals surface area contributed by atoms with Gasteiger partial charge in [-0.2, -0.15) is 0 Å². The molecule has 1 aromatic rings. The molecule has 0 saturated heterocycles. The van der Waals surface area contributed by atoms with Crippen molar-refractivity contribution in [2.45, 2.75) is 33.1 Å². The summed E-state index contributed by atoms with van der Waals surface area (Å²) in [6.07, 6.45) is 3.33. The number of unbranched alkanes of at least 4 members (excludes halogenated alkanes) is 2. The van der Waals surface area contributed by atoms with Gasteiger partial charge in [0.25, 0.3) is 0 Å². The number of aromatic carboxylic acids is 2. The molecule has 106 valence electrons. The molecule has 0 heterocycles. The molecule has 3 N–H and O–H groups in total. The van der Waals surface area contributed by atoms with E-state index >= 15 is 0 Å². The van der Waals surface area contributed by atoms with Crippen molar-refractivity contribution in [2.24, 2.45) is 0 Å².